The fourth-order valence-corrected chi connectivity index (χ4v) is 0.821. The van der Waals surface area contributed by atoms with E-state index in [0.717, 1.165) is 5.82 Å². The lowest BCUT2D eigenvalue weighted by atomic mass is 10.1. The highest BCUT2D eigenvalue weighted by molar-refractivity contribution is 5.35. The van der Waals surface area contributed by atoms with E-state index in [1.54, 1.807) is 6.20 Å². The highest BCUT2D eigenvalue weighted by Crippen LogP contribution is 2.09. The molecule has 0 fully saturated rings. The van der Waals surface area contributed by atoms with Crippen molar-refractivity contribution >= 4 is 5.82 Å². The van der Waals surface area contributed by atoms with Gasteiger partial charge in [-0.1, -0.05) is 13.5 Å². The zero-order chi connectivity index (χ0) is 8.32. The molecule has 12 heavy (non-hydrogen) atoms. The first kappa shape index (κ1) is 11.0. The monoisotopic (exact) mass is 166 g/mol. The molecule has 0 spiro atoms. The van der Waals surface area contributed by atoms with Gasteiger partial charge in [-0.25, -0.2) is 4.98 Å². The molecule has 1 aromatic rings. The van der Waals surface area contributed by atoms with E-state index in [1.165, 1.54) is 0 Å². The standard InChI is InChI=1S/C9H14N2.CH4/c1-9(2,3)11-8-6-4-5-7-10-8;/h4-7H,1-3H3,(H,10,11);1H4. The molecular formula is C10H18N2. The Morgan fingerprint density at radius 2 is 1.92 bits per heavy atom. The zero-order valence-electron chi connectivity index (χ0n) is 7.26. The molecule has 2 heteroatoms. The predicted octanol–water partition coefficient (Wildman–Crippen LogP) is 2.93. The minimum absolute atomic E-state index is 0. The van der Waals surface area contributed by atoms with Gasteiger partial charge in [-0.2, -0.15) is 0 Å². The summed E-state index contributed by atoms with van der Waals surface area (Å²) in [5, 5.41) is 3.27. The Morgan fingerprint density at radius 1 is 1.25 bits per heavy atom. The molecule has 68 valence electrons. The number of hydrogen-bond acceptors (Lipinski definition) is 2. The third kappa shape index (κ3) is 3.96. The van der Waals surface area contributed by atoms with Crippen LogP contribution in [0.3, 0.4) is 0 Å². The summed E-state index contributed by atoms with van der Waals surface area (Å²) in [7, 11) is 0. The molecule has 1 aromatic heterocycles. The molecule has 0 amide bonds. The maximum Gasteiger partial charge on any atom is 0.126 e. The van der Waals surface area contributed by atoms with E-state index in [9.17, 15) is 0 Å². The van der Waals surface area contributed by atoms with Crippen molar-refractivity contribution in [2.75, 3.05) is 5.32 Å². The number of nitrogens with zero attached hydrogens (tertiary/aromatic N) is 1. The van der Waals surface area contributed by atoms with Crippen LogP contribution in [0, 0.1) is 0 Å². The summed E-state index contributed by atoms with van der Waals surface area (Å²) in [6.07, 6.45) is 1.79. The second kappa shape index (κ2) is 4.10. The van der Waals surface area contributed by atoms with Crippen molar-refractivity contribution in [1.82, 2.24) is 4.98 Å². The van der Waals surface area contributed by atoms with E-state index >= 15 is 0 Å². The summed E-state index contributed by atoms with van der Waals surface area (Å²) >= 11 is 0. The number of anilines is 1. The smallest absolute Gasteiger partial charge is 0.126 e. The first-order chi connectivity index (χ1) is 5.08. The molecule has 0 saturated carbocycles. The van der Waals surface area contributed by atoms with Gasteiger partial charge in [0.15, 0.2) is 0 Å². The third-order valence-corrected chi connectivity index (χ3v) is 1.17. The summed E-state index contributed by atoms with van der Waals surface area (Å²) in [6.45, 7) is 6.34. The average Bonchev–Trinajstić information content (AvgIpc) is 1.85. The fourth-order valence-electron chi connectivity index (χ4n) is 0.821. The van der Waals surface area contributed by atoms with Crippen LogP contribution < -0.4 is 5.32 Å². The summed E-state index contributed by atoms with van der Waals surface area (Å²) in [5.41, 5.74) is 0.0916. The summed E-state index contributed by atoms with van der Waals surface area (Å²) < 4.78 is 0. The van der Waals surface area contributed by atoms with Crippen molar-refractivity contribution in [3.05, 3.63) is 24.4 Å². The van der Waals surface area contributed by atoms with Crippen LogP contribution in [0.4, 0.5) is 5.82 Å². The molecular weight excluding hydrogens is 148 g/mol. The van der Waals surface area contributed by atoms with Crippen molar-refractivity contribution < 1.29 is 0 Å². The Kier molecular flexibility index (Phi) is 3.74. The minimum atomic E-state index is 0. The van der Waals surface area contributed by atoms with Crippen LogP contribution in [0.5, 0.6) is 0 Å². The van der Waals surface area contributed by atoms with Gasteiger partial charge in [0.2, 0.25) is 0 Å². The summed E-state index contributed by atoms with van der Waals surface area (Å²) in [6, 6.07) is 5.85. The lowest BCUT2D eigenvalue weighted by Gasteiger charge is -2.20. The average molecular weight is 166 g/mol. The molecule has 1 N–H and O–H groups in total. The first-order valence-corrected chi connectivity index (χ1v) is 3.77. The van der Waals surface area contributed by atoms with Crippen molar-refractivity contribution in [3.63, 3.8) is 0 Å². The number of nitrogens with one attached hydrogen (secondary N) is 1. The van der Waals surface area contributed by atoms with E-state index in [2.05, 4.69) is 31.1 Å². The van der Waals surface area contributed by atoms with Crippen molar-refractivity contribution in [2.45, 2.75) is 33.7 Å². The van der Waals surface area contributed by atoms with E-state index in [4.69, 9.17) is 0 Å². The Hall–Kier alpha value is -1.05. The molecule has 1 heterocycles. The Morgan fingerprint density at radius 3 is 2.33 bits per heavy atom. The Bertz CT molecular complexity index is 211. The number of hydrogen-bond donors (Lipinski definition) is 1. The van der Waals surface area contributed by atoms with Gasteiger partial charge in [0.1, 0.15) is 5.82 Å². The lowest BCUT2D eigenvalue weighted by Crippen LogP contribution is -2.26. The number of aromatic nitrogens is 1. The molecule has 0 aliphatic heterocycles. The van der Waals surface area contributed by atoms with Crippen LogP contribution in [0.2, 0.25) is 0 Å². The molecule has 0 unspecified atom stereocenters. The van der Waals surface area contributed by atoms with Crippen molar-refractivity contribution in [3.8, 4) is 0 Å². The molecule has 0 aliphatic carbocycles. The largest absolute Gasteiger partial charge is 0.365 e. The van der Waals surface area contributed by atoms with Gasteiger partial charge < -0.3 is 5.32 Å². The van der Waals surface area contributed by atoms with E-state index in [-0.39, 0.29) is 13.0 Å². The predicted molar refractivity (Wildman–Crippen MR) is 54.3 cm³/mol. The third-order valence-electron chi connectivity index (χ3n) is 1.17. The number of pyridine rings is 1. The SMILES string of the molecule is C.CC(C)(C)Nc1ccccn1. The maximum absolute atomic E-state index is 4.15. The van der Waals surface area contributed by atoms with Gasteiger partial charge in [-0.15, -0.1) is 0 Å². The van der Waals surface area contributed by atoms with E-state index in [1.807, 2.05) is 18.2 Å². The van der Waals surface area contributed by atoms with Gasteiger partial charge in [0, 0.05) is 11.7 Å². The maximum atomic E-state index is 4.15. The topological polar surface area (TPSA) is 24.9 Å². The van der Waals surface area contributed by atoms with Crippen LogP contribution >= 0.6 is 0 Å². The minimum Gasteiger partial charge on any atom is -0.365 e. The first-order valence-electron chi connectivity index (χ1n) is 3.77. The normalized spacial score (nSPS) is 10.2. The molecule has 0 atom stereocenters. The van der Waals surface area contributed by atoms with Crippen molar-refractivity contribution in [2.24, 2.45) is 0 Å². The molecule has 0 radical (unpaired) electrons. The van der Waals surface area contributed by atoms with E-state index in [0.29, 0.717) is 0 Å². The van der Waals surface area contributed by atoms with Gasteiger partial charge in [0.25, 0.3) is 0 Å². The molecule has 0 bridgehead atoms. The van der Waals surface area contributed by atoms with Crippen molar-refractivity contribution in [1.29, 1.82) is 0 Å². The molecule has 0 aliphatic rings. The molecule has 1 rings (SSSR count). The van der Waals surface area contributed by atoms with Crippen LogP contribution in [-0.4, -0.2) is 10.5 Å². The molecule has 2 nitrogen and oxygen atoms in total. The summed E-state index contributed by atoms with van der Waals surface area (Å²) in [5.74, 6) is 0.931. The van der Waals surface area contributed by atoms with Crippen LogP contribution in [0.25, 0.3) is 0 Å². The van der Waals surface area contributed by atoms with Crippen LogP contribution in [-0.2, 0) is 0 Å². The van der Waals surface area contributed by atoms with Crippen LogP contribution in [0.1, 0.15) is 28.2 Å². The van der Waals surface area contributed by atoms with Gasteiger partial charge in [0.05, 0.1) is 0 Å². The Balaban J connectivity index is 0.00000121. The Labute approximate surface area is 75.0 Å². The second-order valence-electron chi connectivity index (χ2n) is 3.59. The molecule has 0 saturated heterocycles. The fraction of sp³-hybridized carbons (Fsp3) is 0.500. The van der Waals surface area contributed by atoms with Gasteiger partial charge in [-0.05, 0) is 32.9 Å². The highest BCUT2D eigenvalue weighted by Gasteiger charge is 2.08. The van der Waals surface area contributed by atoms with Crippen LogP contribution in [0.15, 0.2) is 24.4 Å². The lowest BCUT2D eigenvalue weighted by molar-refractivity contribution is 0.630. The summed E-state index contributed by atoms with van der Waals surface area (Å²) in [4.78, 5) is 4.15. The van der Waals surface area contributed by atoms with E-state index < -0.39 is 0 Å². The second-order valence-corrected chi connectivity index (χ2v) is 3.59. The quantitative estimate of drug-likeness (QED) is 0.693. The number of rotatable bonds is 1. The molecule has 0 aromatic carbocycles. The van der Waals surface area contributed by atoms with Gasteiger partial charge >= 0.3 is 0 Å². The van der Waals surface area contributed by atoms with Gasteiger partial charge in [-0.3, -0.25) is 0 Å². The highest BCUT2D eigenvalue weighted by atomic mass is 15.0. The zero-order valence-corrected chi connectivity index (χ0v) is 7.26.